The lowest BCUT2D eigenvalue weighted by Gasteiger charge is -2.13. The van der Waals surface area contributed by atoms with Gasteiger partial charge < -0.3 is 14.6 Å². The van der Waals surface area contributed by atoms with Crippen molar-refractivity contribution in [3.05, 3.63) is 60.2 Å². The maximum Gasteiger partial charge on any atom is 0.311 e. The highest BCUT2D eigenvalue weighted by atomic mass is 16.5. The van der Waals surface area contributed by atoms with Gasteiger partial charge in [-0.25, -0.2) is 0 Å². The number of hydrogen-bond donors (Lipinski definition) is 1. The highest BCUT2D eigenvalue weighted by Crippen LogP contribution is 2.60. The minimum Gasteiger partial charge on any atom is -0.481 e. The predicted molar refractivity (Wildman–Crippen MR) is 100 cm³/mol. The summed E-state index contributed by atoms with van der Waals surface area (Å²) in [6.07, 6.45) is -1.18. The summed E-state index contributed by atoms with van der Waals surface area (Å²) in [6.45, 7) is 3.67. The van der Waals surface area contributed by atoms with Crippen LogP contribution < -0.4 is 4.74 Å². The molecule has 0 unspecified atom stereocenters. The molecule has 1 fully saturated rings. The molecule has 2 aromatic rings. The van der Waals surface area contributed by atoms with Crippen molar-refractivity contribution < 1.29 is 24.2 Å². The van der Waals surface area contributed by atoms with E-state index in [9.17, 15) is 14.9 Å². The van der Waals surface area contributed by atoms with E-state index in [0.717, 1.165) is 0 Å². The van der Waals surface area contributed by atoms with Gasteiger partial charge in [0.15, 0.2) is 0 Å². The number of para-hydroxylation sites is 1. The molecule has 1 aliphatic carbocycles. The zero-order chi connectivity index (χ0) is 20.3. The zero-order valence-electron chi connectivity index (χ0n) is 15.7. The summed E-state index contributed by atoms with van der Waals surface area (Å²) in [4.78, 5) is 23.5. The molecule has 144 valence electrons. The van der Waals surface area contributed by atoms with Crippen molar-refractivity contribution in [1.29, 1.82) is 5.26 Å². The van der Waals surface area contributed by atoms with Gasteiger partial charge in [-0.2, -0.15) is 5.26 Å². The predicted octanol–water partition coefficient (Wildman–Crippen LogP) is 4.33. The Morgan fingerprint density at radius 1 is 1.14 bits per heavy atom. The van der Waals surface area contributed by atoms with Crippen LogP contribution in [0.3, 0.4) is 0 Å². The number of rotatable bonds is 7. The van der Waals surface area contributed by atoms with E-state index in [1.807, 2.05) is 50.2 Å². The average Bonchev–Trinajstić information content (AvgIpc) is 3.20. The van der Waals surface area contributed by atoms with Crippen LogP contribution >= 0.6 is 0 Å². The Hall–Kier alpha value is -3.33. The molecule has 1 N–H and O–H groups in total. The lowest BCUT2D eigenvalue weighted by atomic mass is 10.1. The van der Waals surface area contributed by atoms with Crippen molar-refractivity contribution in [3.63, 3.8) is 0 Å². The molecule has 3 rings (SSSR count). The summed E-state index contributed by atoms with van der Waals surface area (Å²) in [6, 6.07) is 18.0. The van der Waals surface area contributed by atoms with Gasteiger partial charge in [-0.3, -0.25) is 9.59 Å². The molecule has 1 aliphatic rings. The second-order valence-corrected chi connectivity index (χ2v) is 7.44. The maximum absolute atomic E-state index is 12.5. The number of carbonyl (C=O) groups is 2. The van der Waals surface area contributed by atoms with Crippen LogP contribution in [0, 0.1) is 28.6 Å². The van der Waals surface area contributed by atoms with Crippen molar-refractivity contribution in [3.8, 4) is 17.6 Å². The minimum atomic E-state index is -1.09. The lowest BCUT2D eigenvalue weighted by Crippen LogP contribution is -2.15. The second kappa shape index (κ2) is 7.73. The fraction of sp³-hybridized carbons (Fsp3) is 0.318. The van der Waals surface area contributed by atoms with Crippen molar-refractivity contribution in [1.82, 2.24) is 0 Å². The Balaban J connectivity index is 1.70. The fourth-order valence-electron chi connectivity index (χ4n) is 3.51. The van der Waals surface area contributed by atoms with E-state index in [2.05, 4.69) is 0 Å². The number of nitriles is 1. The molecule has 0 saturated heterocycles. The maximum atomic E-state index is 12.5. The lowest BCUT2D eigenvalue weighted by molar-refractivity contribution is -0.149. The monoisotopic (exact) mass is 379 g/mol. The van der Waals surface area contributed by atoms with Gasteiger partial charge in [0, 0.05) is 12.0 Å². The number of hydrogen-bond acceptors (Lipinski definition) is 5. The van der Waals surface area contributed by atoms with Crippen LogP contribution in [0.2, 0.25) is 0 Å². The number of ether oxygens (including phenoxy) is 2. The Labute approximate surface area is 163 Å². The normalized spacial score (nSPS) is 20.5. The van der Waals surface area contributed by atoms with Crippen LogP contribution in [0.25, 0.3) is 0 Å². The standard InChI is InChI=1S/C22H21NO5/c1-22(2)17(12-19(24)25)20(22)21(26)28-18(13-23)14-7-6-10-16(11-14)27-15-8-4-3-5-9-15/h3-11,17-18,20H,12H2,1-2H3,(H,24,25)/t17-,18+,20-/m0/s1. The molecule has 6 heteroatoms. The molecule has 3 atom stereocenters. The summed E-state index contributed by atoms with van der Waals surface area (Å²) in [5.74, 6) is -1.13. The summed E-state index contributed by atoms with van der Waals surface area (Å²) in [7, 11) is 0. The molecular formula is C22H21NO5. The molecule has 0 bridgehead atoms. The van der Waals surface area contributed by atoms with Gasteiger partial charge in [0.1, 0.15) is 17.6 Å². The Kier molecular flexibility index (Phi) is 5.36. The van der Waals surface area contributed by atoms with Crippen LogP contribution in [-0.2, 0) is 14.3 Å². The van der Waals surface area contributed by atoms with E-state index >= 15 is 0 Å². The van der Waals surface area contributed by atoms with Gasteiger partial charge in [0.2, 0.25) is 6.10 Å². The number of esters is 1. The van der Waals surface area contributed by atoms with E-state index in [4.69, 9.17) is 14.6 Å². The summed E-state index contributed by atoms with van der Waals surface area (Å²) in [5.41, 5.74) is 0.0471. The molecule has 0 amide bonds. The quantitative estimate of drug-likeness (QED) is 0.719. The van der Waals surface area contributed by atoms with Crippen molar-refractivity contribution in [2.24, 2.45) is 17.3 Å². The van der Waals surface area contributed by atoms with Crippen molar-refractivity contribution in [2.75, 3.05) is 0 Å². The number of carboxylic acids is 1. The molecule has 0 heterocycles. The molecule has 0 aliphatic heterocycles. The highest BCUT2D eigenvalue weighted by molar-refractivity contribution is 5.80. The van der Waals surface area contributed by atoms with Crippen LogP contribution in [0.1, 0.15) is 31.9 Å². The number of aliphatic carboxylic acids is 1. The number of benzene rings is 2. The summed E-state index contributed by atoms with van der Waals surface area (Å²) < 4.78 is 11.2. The van der Waals surface area contributed by atoms with E-state index < -0.39 is 29.4 Å². The molecule has 28 heavy (non-hydrogen) atoms. The fourth-order valence-corrected chi connectivity index (χ4v) is 3.51. The SMILES string of the molecule is CC1(C)[C@H](C(=O)O[C@H](C#N)c2cccc(Oc3ccccc3)c2)[C@@H]1CC(=O)O. The summed E-state index contributed by atoms with van der Waals surface area (Å²) in [5, 5.41) is 18.5. The molecule has 0 radical (unpaired) electrons. The van der Waals surface area contributed by atoms with Gasteiger partial charge in [0.25, 0.3) is 0 Å². The van der Waals surface area contributed by atoms with E-state index in [1.165, 1.54) is 0 Å². The van der Waals surface area contributed by atoms with E-state index in [-0.39, 0.29) is 12.3 Å². The van der Waals surface area contributed by atoms with E-state index in [0.29, 0.717) is 17.1 Å². The van der Waals surface area contributed by atoms with Gasteiger partial charge >= 0.3 is 11.9 Å². The first-order valence-corrected chi connectivity index (χ1v) is 8.97. The van der Waals surface area contributed by atoms with Crippen LogP contribution in [-0.4, -0.2) is 17.0 Å². The van der Waals surface area contributed by atoms with Crippen molar-refractivity contribution >= 4 is 11.9 Å². The third-order valence-electron chi connectivity index (χ3n) is 5.19. The molecule has 2 aromatic carbocycles. The summed E-state index contributed by atoms with van der Waals surface area (Å²) >= 11 is 0. The molecule has 1 saturated carbocycles. The first-order chi connectivity index (χ1) is 13.3. The second-order valence-electron chi connectivity index (χ2n) is 7.44. The molecular weight excluding hydrogens is 358 g/mol. The zero-order valence-corrected chi connectivity index (χ0v) is 15.7. The van der Waals surface area contributed by atoms with Crippen LogP contribution in [0.15, 0.2) is 54.6 Å². The first kappa shape index (κ1) is 19.4. The van der Waals surface area contributed by atoms with E-state index in [1.54, 1.807) is 24.3 Å². The smallest absolute Gasteiger partial charge is 0.311 e. The largest absolute Gasteiger partial charge is 0.481 e. The van der Waals surface area contributed by atoms with Gasteiger partial charge in [0.05, 0.1) is 5.92 Å². The molecule has 0 aromatic heterocycles. The minimum absolute atomic E-state index is 0.0929. The Morgan fingerprint density at radius 2 is 1.82 bits per heavy atom. The number of nitrogens with zero attached hydrogens (tertiary/aromatic N) is 1. The van der Waals surface area contributed by atoms with Crippen molar-refractivity contribution in [2.45, 2.75) is 26.4 Å². The molecule has 0 spiro atoms. The third-order valence-corrected chi connectivity index (χ3v) is 5.19. The topological polar surface area (TPSA) is 96.6 Å². The van der Waals surface area contributed by atoms with Gasteiger partial charge in [-0.15, -0.1) is 0 Å². The first-order valence-electron chi connectivity index (χ1n) is 8.97. The van der Waals surface area contributed by atoms with Crippen LogP contribution in [0.4, 0.5) is 0 Å². The molecule has 6 nitrogen and oxygen atoms in total. The van der Waals surface area contributed by atoms with Crippen LogP contribution in [0.5, 0.6) is 11.5 Å². The Morgan fingerprint density at radius 3 is 2.46 bits per heavy atom. The number of carbonyl (C=O) groups excluding carboxylic acids is 1. The highest BCUT2D eigenvalue weighted by Gasteiger charge is 2.63. The third kappa shape index (κ3) is 4.15. The Bertz CT molecular complexity index is 916. The van der Waals surface area contributed by atoms with Gasteiger partial charge in [-0.05, 0) is 35.6 Å². The number of carboxylic acid groups (broad SMARTS) is 1. The van der Waals surface area contributed by atoms with Gasteiger partial charge in [-0.1, -0.05) is 44.2 Å². The average molecular weight is 379 g/mol.